The molecule has 0 saturated heterocycles. The third kappa shape index (κ3) is 2.41. The first-order valence-corrected chi connectivity index (χ1v) is 7.64. The Bertz CT molecular complexity index is 706. The summed E-state index contributed by atoms with van der Waals surface area (Å²) in [5, 5.41) is 0. The lowest BCUT2D eigenvalue weighted by Crippen LogP contribution is -2.30. The average Bonchev–Trinajstić information content (AvgIpc) is 2.53. The highest BCUT2D eigenvalue weighted by molar-refractivity contribution is 5.91. The zero-order valence-corrected chi connectivity index (χ0v) is 13.3. The summed E-state index contributed by atoms with van der Waals surface area (Å²) in [6.07, 6.45) is 5.63. The van der Waals surface area contributed by atoms with Crippen molar-refractivity contribution in [1.29, 1.82) is 0 Å². The zero-order valence-electron chi connectivity index (χ0n) is 13.3. The Kier molecular flexibility index (Phi) is 3.73. The third-order valence-electron chi connectivity index (χ3n) is 4.75. The molecule has 1 heterocycles. The van der Waals surface area contributed by atoms with Crippen molar-refractivity contribution in [1.82, 2.24) is 4.98 Å². The van der Waals surface area contributed by atoms with Crippen molar-refractivity contribution in [2.75, 3.05) is 7.11 Å². The summed E-state index contributed by atoms with van der Waals surface area (Å²) in [6, 6.07) is 10.3. The molecule has 3 nitrogen and oxygen atoms in total. The highest BCUT2D eigenvalue weighted by atomic mass is 16.5. The van der Waals surface area contributed by atoms with E-state index < -0.39 is 0 Å². The molecule has 1 aliphatic rings. The molecule has 1 aromatic heterocycles. The van der Waals surface area contributed by atoms with E-state index in [0.29, 0.717) is 5.56 Å². The number of benzene rings is 1. The molecule has 114 valence electrons. The second-order valence-electron chi connectivity index (χ2n) is 6.57. The van der Waals surface area contributed by atoms with Crippen molar-refractivity contribution >= 4 is 5.97 Å². The van der Waals surface area contributed by atoms with Crippen LogP contribution < -0.4 is 0 Å². The number of methoxy groups -OCH3 is 1. The number of esters is 1. The summed E-state index contributed by atoms with van der Waals surface area (Å²) in [5.41, 5.74) is 4.32. The monoisotopic (exact) mass is 295 g/mol. The van der Waals surface area contributed by atoms with E-state index in [0.717, 1.165) is 18.4 Å². The van der Waals surface area contributed by atoms with Gasteiger partial charge in [0.25, 0.3) is 0 Å². The second kappa shape index (κ2) is 5.56. The predicted molar refractivity (Wildman–Crippen MR) is 86.0 cm³/mol. The number of hydrogen-bond acceptors (Lipinski definition) is 3. The fourth-order valence-electron chi connectivity index (χ4n) is 3.59. The number of ether oxygens (including phenoxy) is 1. The molecule has 0 spiro atoms. The Balaban J connectivity index is 2.20. The number of carbonyl (C=O) groups excluding carboxylic acids is 1. The molecule has 3 heteroatoms. The SMILES string of the molecule is COC(=O)c1ccncc1C1c2ccccc2CCC1(C)C. The molecule has 0 amide bonds. The maximum atomic E-state index is 12.1. The van der Waals surface area contributed by atoms with Gasteiger partial charge in [-0.3, -0.25) is 4.98 Å². The van der Waals surface area contributed by atoms with Gasteiger partial charge in [0.15, 0.2) is 0 Å². The van der Waals surface area contributed by atoms with Crippen LogP contribution in [0.25, 0.3) is 0 Å². The van der Waals surface area contributed by atoms with Crippen LogP contribution in [0, 0.1) is 5.41 Å². The smallest absolute Gasteiger partial charge is 0.338 e. The van der Waals surface area contributed by atoms with E-state index in [4.69, 9.17) is 4.74 Å². The van der Waals surface area contributed by atoms with Gasteiger partial charge in [0.2, 0.25) is 0 Å². The molecule has 0 bridgehead atoms. The first kappa shape index (κ1) is 14.8. The van der Waals surface area contributed by atoms with Crippen LogP contribution >= 0.6 is 0 Å². The summed E-state index contributed by atoms with van der Waals surface area (Å²) in [7, 11) is 1.42. The van der Waals surface area contributed by atoms with Crippen LogP contribution in [0.15, 0.2) is 42.7 Å². The number of hydrogen-bond donors (Lipinski definition) is 0. The molecule has 0 radical (unpaired) electrons. The molecule has 3 rings (SSSR count). The molecule has 0 N–H and O–H groups in total. The summed E-state index contributed by atoms with van der Waals surface area (Å²) in [4.78, 5) is 16.4. The number of aryl methyl sites for hydroxylation is 1. The van der Waals surface area contributed by atoms with Gasteiger partial charge < -0.3 is 4.74 Å². The van der Waals surface area contributed by atoms with Crippen molar-refractivity contribution in [3.63, 3.8) is 0 Å². The number of carbonyl (C=O) groups is 1. The zero-order chi connectivity index (χ0) is 15.7. The van der Waals surface area contributed by atoms with E-state index in [2.05, 4.69) is 43.1 Å². The van der Waals surface area contributed by atoms with Crippen LogP contribution in [0.1, 0.15) is 53.2 Å². The fourth-order valence-corrected chi connectivity index (χ4v) is 3.59. The van der Waals surface area contributed by atoms with Gasteiger partial charge in [-0.25, -0.2) is 4.79 Å². The summed E-state index contributed by atoms with van der Waals surface area (Å²) in [5.74, 6) is -0.142. The minimum absolute atomic E-state index is 0.0696. The average molecular weight is 295 g/mol. The minimum Gasteiger partial charge on any atom is -0.465 e. The van der Waals surface area contributed by atoms with Gasteiger partial charge in [0, 0.05) is 18.3 Å². The van der Waals surface area contributed by atoms with E-state index in [1.807, 2.05) is 6.20 Å². The highest BCUT2D eigenvalue weighted by Crippen LogP contribution is 2.49. The van der Waals surface area contributed by atoms with Crippen LogP contribution in [0.5, 0.6) is 0 Å². The molecular formula is C19H21NO2. The van der Waals surface area contributed by atoms with Crippen LogP contribution in [0.3, 0.4) is 0 Å². The number of rotatable bonds is 2. The van der Waals surface area contributed by atoms with Crippen molar-refractivity contribution in [2.24, 2.45) is 5.41 Å². The largest absolute Gasteiger partial charge is 0.465 e. The van der Waals surface area contributed by atoms with Crippen LogP contribution in [-0.2, 0) is 11.2 Å². The van der Waals surface area contributed by atoms with E-state index in [9.17, 15) is 4.79 Å². The third-order valence-corrected chi connectivity index (χ3v) is 4.75. The predicted octanol–water partition coefficient (Wildman–Crippen LogP) is 3.97. The van der Waals surface area contributed by atoms with Gasteiger partial charge in [-0.2, -0.15) is 0 Å². The maximum absolute atomic E-state index is 12.1. The molecule has 0 aliphatic heterocycles. The number of fused-ring (bicyclic) bond motifs is 1. The standard InChI is InChI=1S/C19H21NO2/c1-19(2)10-8-13-6-4-5-7-14(13)17(19)16-12-20-11-9-15(16)18(21)22-3/h4-7,9,11-12,17H,8,10H2,1-3H3. The lowest BCUT2D eigenvalue weighted by molar-refractivity contribution is 0.0598. The van der Waals surface area contributed by atoms with Crippen LogP contribution in [0.4, 0.5) is 0 Å². The van der Waals surface area contributed by atoms with E-state index in [1.165, 1.54) is 18.2 Å². The summed E-state index contributed by atoms with van der Waals surface area (Å²) >= 11 is 0. The molecule has 2 aromatic rings. The molecular weight excluding hydrogens is 274 g/mol. The molecule has 22 heavy (non-hydrogen) atoms. The van der Waals surface area contributed by atoms with Crippen molar-refractivity contribution in [3.8, 4) is 0 Å². The van der Waals surface area contributed by atoms with Crippen molar-refractivity contribution in [3.05, 3.63) is 65.0 Å². The van der Waals surface area contributed by atoms with Gasteiger partial charge >= 0.3 is 5.97 Å². The van der Waals surface area contributed by atoms with Gasteiger partial charge in [-0.1, -0.05) is 38.1 Å². The Morgan fingerprint density at radius 3 is 2.77 bits per heavy atom. The first-order chi connectivity index (χ1) is 10.5. The number of aromatic nitrogens is 1. The molecule has 1 aromatic carbocycles. The van der Waals surface area contributed by atoms with Gasteiger partial charge in [-0.15, -0.1) is 0 Å². The molecule has 0 fully saturated rings. The van der Waals surface area contributed by atoms with Crippen LogP contribution in [-0.4, -0.2) is 18.1 Å². The quantitative estimate of drug-likeness (QED) is 0.787. The van der Waals surface area contributed by atoms with E-state index >= 15 is 0 Å². The van der Waals surface area contributed by atoms with E-state index in [1.54, 1.807) is 12.3 Å². The van der Waals surface area contributed by atoms with E-state index in [-0.39, 0.29) is 17.3 Å². The molecule has 1 aliphatic carbocycles. The first-order valence-electron chi connectivity index (χ1n) is 7.64. The minimum atomic E-state index is -0.295. The number of nitrogens with zero attached hydrogens (tertiary/aromatic N) is 1. The van der Waals surface area contributed by atoms with Gasteiger partial charge in [0.05, 0.1) is 12.7 Å². The normalized spacial score (nSPS) is 19.3. The number of pyridine rings is 1. The lowest BCUT2D eigenvalue weighted by atomic mass is 9.63. The second-order valence-corrected chi connectivity index (χ2v) is 6.57. The molecule has 1 unspecified atom stereocenters. The fraction of sp³-hybridized carbons (Fsp3) is 0.368. The Hall–Kier alpha value is -2.16. The summed E-state index contributed by atoms with van der Waals surface area (Å²) in [6.45, 7) is 4.53. The maximum Gasteiger partial charge on any atom is 0.338 e. The Labute approximate surface area is 131 Å². The lowest BCUT2D eigenvalue weighted by Gasteiger charge is -2.41. The van der Waals surface area contributed by atoms with Crippen molar-refractivity contribution < 1.29 is 9.53 Å². The van der Waals surface area contributed by atoms with Gasteiger partial charge in [0.1, 0.15) is 0 Å². The Morgan fingerprint density at radius 1 is 1.23 bits per heavy atom. The van der Waals surface area contributed by atoms with Crippen LogP contribution in [0.2, 0.25) is 0 Å². The van der Waals surface area contributed by atoms with Crippen molar-refractivity contribution in [2.45, 2.75) is 32.6 Å². The summed E-state index contributed by atoms with van der Waals surface area (Å²) < 4.78 is 4.96. The molecule has 0 saturated carbocycles. The topological polar surface area (TPSA) is 39.2 Å². The molecule has 1 atom stereocenters. The van der Waals surface area contributed by atoms with Gasteiger partial charge in [-0.05, 0) is 41.0 Å². The highest BCUT2D eigenvalue weighted by Gasteiger charge is 2.38. The Morgan fingerprint density at radius 2 is 2.00 bits per heavy atom.